The van der Waals surface area contributed by atoms with Gasteiger partial charge in [0.05, 0.1) is 37.4 Å². The van der Waals surface area contributed by atoms with E-state index >= 15 is 0 Å². The second-order valence-electron chi connectivity index (χ2n) is 8.47. The molecule has 6 nitrogen and oxygen atoms in total. The first kappa shape index (κ1) is 21.5. The predicted molar refractivity (Wildman–Crippen MR) is 121 cm³/mol. The van der Waals surface area contributed by atoms with E-state index in [4.69, 9.17) is 9.47 Å². The van der Waals surface area contributed by atoms with E-state index in [0.717, 1.165) is 11.3 Å². The van der Waals surface area contributed by atoms with Gasteiger partial charge >= 0.3 is 0 Å². The Labute approximate surface area is 188 Å². The van der Waals surface area contributed by atoms with Crippen molar-refractivity contribution in [3.05, 3.63) is 59.7 Å². The fourth-order valence-electron chi connectivity index (χ4n) is 4.99. The minimum absolute atomic E-state index is 0.0425. The molecule has 0 spiro atoms. The molecular formula is C26H25N3O3. The van der Waals surface area contributed by atoms with Crippen LogP contribution in [0.2, 0.25) is 0 Å². The van der Waals surface area contributed by atoms with Crippen molar-refractivity contribution < 1.29 is 14.3 Å². The fraction of sp³-hybridized carbons (Fsp3) is 0.346. The largest absolute Gasteiger partial charge is 0.493 e. The minimum Gasteiger partial charge on any atom is -0.493 e. The van der Waals surface area contributed by atoms with Crippen LogP contribution in [0.3, 0.4) is 0 Å². The molecule has 4 rings (SSSR count). The first-order valence-corrected chi connectivity index (χ1v) is 10.6. The van der Waals surface area contributed by atoms with E-state index in [1.807, 2.05) is 61.2 Å². The number of fused-ring (bicyclic) bond motifs is 3. The third kappa shape index (κ3) is 3.11. The molecule has 2 aliphatic heterocycles. The maximum absolute atomic E-state index is 13.0. The van der Waals surface area contributed by atoms with Crippen LogP contribution in [0.25, 0.3) is 6.08 Å². The van der Waals surface area contributed by atoms with E-state index in [1.165, 1.54) is 6.92 Å². The molecule has 1 fully saturated rings. The van der Waals surface area contributed by atoms with E-state index in [9.17, 15) is 15.3 Å². The van der Waals surface area contributed by atoms with Gasteiger partial charge in [0.1, 0.15) is 0 Å². The molecule has 32 heavy (non-hydrogen) atoms. The van der Waals surface area contributed by atoms with Gasteiger partial charge in [0.25, 0.3) is 0 Å². The number of carbonyl (C=O) groups excluding carboxylic acids is 1. The van der Waals surface area contributed by atoms with Gasteiger partial charge in [0.2, 0.25) is 0 Å². The maximum atomic E-state index is 13.0. The van der Waals surface area contributed by atoms with Crippen molar-refractivity contribution in [2.45, 2.75) is 44.9 Å². The normalized spacial score (nSPS) is 22.5. The standard InChI is InChI=1S/C26H25N3O3/c1-16(2)32-21-11-9-19(13-22(21)31-4)24-25(17(3)30)29-20-8-6-5-7-18(20)10-12-23(29)26(24,14-27)15-28/h5-13,16,23-25H,1-4H3/t23-,24+,25-/m0/s1. The van der Waals surface area contributed by atoms with Gasteiger partial charge in [-0.1, -0.05) is 36.4 Å². The number of ether oxygens (including phenoxy) is 2. The smallest absolute Gasteiger partial charge is 0.176 e. The number of hydrogen-bond donors (Lipinski definition) is 0. The van der Waals surface area contributed by atoms with Gasteiger partial charge in [-0.15, -0.1) is 0 Å². The molecule has 1 saturated heterocycles. The number of hydrogen-bond acceptors (Lipinski definition) is 6. The van der Waals surface area contributed by atoms with Crippen LogP contribution in [0.4, 0.5) is 5.69 Å². The molecule has 2 heterocycles. The lowest BCUT2D eigenvalue weighted by atomic mass is 9.69. The van der Waals surface area contributed by atoms with Crippen molar-refractivity contribution in [2.75, 3.05) is 12.0 Å². The number of carbonyl (C=O) groups is 1. The summed E-state index contributed by atoms with van der Waals surface area (Å²) < 4.78 is 11.4. The molecule has 0 N–H and O–H groups in total. The molecule has 2 aromatic carbocycles. The van der Waals surface area contributed by atoms with Crippen molar-refractivity contribution in [3.63, 3.8) is 0 Å². The second kappa shape index (κ2) is 8.05. The van der Waals surface area contributed by atoms with E-state index in [0.29, 0.717) is 17.1 Å². The molecule has 0 aromatic heterocycles. The van der Waals surface area contributed by atoms with Crippen LogP contribution < -0.4 is 14.4 Å². The van der Waals surface area contributed by atoms with Gasteiger partial charge in [0.15, 0.2) is 22.7 Å². The summed E-state index contributed by atoms with van der Waals surface area (Å²) in [5.41, 5.74) is 1.05. The molecule has 0 saturated carbocycles. The second-order valence-corrected chi connectivity index (χ2v) is 8.47. The Hall–Kier alpha value is -3.77. The number of Topliss-reactive ketones (excluding diaryl/α,β-unsaturated/α-hetero) is 1. The Kier molecular flexibility index (Phi) is 5.40. The first-order valence-electron chi connectivity index (χ1n) is 10.6. The zero-order valence-electron chi connectivity index (χ0n) is 18.6. The zero-order chi connectivity index (χ0) is 23.0. The Morgan fingerprint density at radius 1 is 1.12 bits per heavy atom. The van der Waals surface area contributed by atoms with Crippen molar-refractivity contribution >= 4 is 17.5 Å². The summed E-state index contributed by atoms with van der Waals surface area (Å²) in [4.78, 5) is 15.0. The minimum atomic E-state index is -1.45. The average molecular weight is 428 g/mol. The van der Waals surface area contributed by atoms with E-state index < -0.39 is 23.4 Å². The Bertz CT molecular complexity index is 1160. The van der Waals surface area contributed by atoms with Crippen LogP contribution in [0.5, 0.6) is 11.5 Å². The summed E-state index contributed by atoms with van der Waals surface area (Å²) in [6.07, 6.45) is 3.76. The van der Waals surface area contributed by atoms with Crippen LogP contribution in [0.15, 0.2) is 48.5 Å². The highest BCUT2D eigenvalue weighted by atomic mass is 16.5. The Balaban J connectivity index is 1.93. The lowest BCUT2D eigenvalue weighted by Crippen LogP contribution is -2.43. The SMILES string of the molecule is COc1cc([C@@H]2[C@H](C(C)=O)N3c4ccccc4C=C[C@H]3C2(C#N)C#N)ccc1OC(C)C. The van der Waals surface area contributed by atoms with Crippen LogP contribution >= 0.6 is 0 Å². The molecule has 0 bridgehead atoms. The van der Waals surface area contributed by atoms with E-state index in [2.05, 4.69) is 12.1 Å². The number of ketones is 1. The molecular weight excluding hydrogens is 402 g/mol. The summed E-state index contributed by atoms with van der Waals surface area (Å²) in [5.74, 6) is 0.312. The molecule has 2 aromatic rings. The van der Waals surface area contributed by atoms with Crippen molar-refractivity contribution in [2.24, 2.45) is 5.41 Å². The highest BCUT2D eigenvalue weighted by Crippen LogP contribution is 2.55. The van der Waals surface area contributed by atoms with Crippen molar-refractivity contribution in [1.29, 1.82) is 10.5 Å². The highest BCUT2D eigenvalue weighted by Gasteiger charge is 2.62. The predicted octanol–water partition coefficient (Wildman–Crippen LogP) is 4.47. The summed E-state index contributed by atoms with van der Waals surface area (Å²) in [6, 6.07) is 16.5. The number of anilines is 1. The topological polar surface area (TPSA) is 86.4 Å². The summed E-state index contributed by atoms with van der Waals surface area (Å²) in [5, 5.41) is 20.7. The number of nitrogens with zero attached hydrogens (tertiary/aromatic N) is 3. The van der Waals surface area contributed by atoms with Gasteiger partial charge in [-0.25, -0.2) is 0 Å². The molecule has 0 amide bonds. The van der Waals surface area contributed by atoms with Crippen molar-refractivity contribution in [3.8, 4) is 23.6 Å². The number of nitriles is 2. The molecule has 0 aliphatic carbocycles. The fourth-order valence-corrected chi connectivity index (χ4v) is 4.99. The van der Waals surface area contributed by atoms with Crippen molar-refractivity contribution in [1.82, 2.24) is 0 Å². The van der Waals surface area contributed by atoms with Crippen LogP contribution in [-0.2, 0) is 4.79 Å². The van der Waals surface area contributed by atoms with Gasteiger partial charge < -0.3 is 14.4 Å². The summed E-state index contributed by atoms with van der Waals surface area (Å²) in [7, 11) is 1.55. The molecule has 6 heteroatoms. The van der Waals surface area contributed by atoms with Gasteiger partial charge in [-0.05, 0) is 50.1 Å². The number of para-hydroxylation sites is 1. The third-order valence-corrected chi connectivity index (χ3v) is 6.24. The molecule has 0 unspecified atom stereocenters. The Morgan fingerprint density at radius 3 is 2.47 bits per heavy atom. The van der Waals surface area contributed by atoms with Gasteiger partial charge in [-0.3, -0.25) is 4.79 Å². The summed E-state index contributed by atoms with van der Waals surface area (Å²) >= 11 is 0. The van der Waals surface area contributed by atoms with Gasteiger partial charge in [0, 0.05) is 11.6 Å². The van der Waals surface area contributed by atoms with Gasteiger partial charge in [-0.2, -0.15) is 10.5 Å². The number of benzene rings is 2. The average Bonchev–Trinajstić information content (AvgIpc) is 3.10. The Morgan fingerprint density at radius 2 is 1.84 bits per heavy atom. The molecule has 162 valence electrons. The summed E-state index contributed by atoms with van der Waals surface area (Å²) in [6.45, 7) is 5.37. The molecule has 3 atom stereocenters. The lowest BCUT2D eigenvalue weighted by Gasteiger charge is -2.35. The van der Waals surface area contributed by atoms with E-state index in [-0.39, 0.29) is 11.9 Å². The quantitative estimate of drug-likeness (QED) is 0.700. The zero-order valence-corrected chi connectivity index (χ0v) is 18.6. The van der Waals surface area contributed by atoms with Crippen LogP contribution in [-0.4, -0.2) is 31.1 Å². The number of methoxy groups -OCH3 is 1. The maximum Gasteiger partial charge on any atom is 0.176 e. The first-order chi connectivity index (χ1) is 15.4. The lowest BCUT2D eigenvalue weighted by molar-refractivity contribution is -0.118. The third-order valence-electron chi connectivity index (χ3n) is 6.24. The highest BCUT2D eigenvalue weighted by molar-refractivity contribution is 5.91. The monoisotopic (exact) mass is 427 g/mol. The molecule has 2 aliphatic rings. The van der Waals surface area contributed by atoms with E-state index in [1.54, 1.807) is 19.2 Å². The number of rotatable bonds is 5. The molecule has 0 radical (unpaired) electrons. The van der Waals surface area contributed by atoms with Crippen LogP contribution in [0.1, 0.15) is 37.8 Å². The van der Waals surface area contributed by atoms with Crippen LogP contribution in [0, 0.1) is 28.1 Å².